The van der Waals surface area contributed by atoms with Crippen LogP contribution < -0.4 is 4.90 Å². The molecule has 1 rings (SSSR count). The molecule has 1 aromatic rings. The summed E-state index contributed by atoms with van der Waals surface area (Å²) in [6.45, 7) is 6.69. The van der Waals surface area contributed by atoms with E-state index < -0.39 is 5.97 Å². The van der Waals surface area contributed by atoms with Gasteiger partial charge in [0.05, 0.1) is 17.8 Å². The van der Waals surface area contributed by atoms with Gasteiger partial charge in [-0.3, -0.25) is 4.79 Å². The Labute approximate surface area is 94.3 Å². The Balaban J connectivity index is 2.78. The van der Waals surface area contributed by atoms with Crippen molar-refractivity contribution < 1.29 is 9.90 Å². The summed E-state index contributed by atoms with van der Waals surface area (Å²) in [6.07, 6.45) is 0.0735. The molecule has 0 saturated carbocycles. The van der Waals surface area contributed by atoms with E-state index in [0.717, 1.165) is 11.4 Å². The summed E-state index contributed by atoms with van der Waals surface area (Å²) < 4.78 is 0. The van der Waals surface area contributed by atoms with Gasteiger partial charge >= 0.3 is 5.97 Å². The van der Waals surface area contributed by atoms with Crippen molar-refractivity contribution in [2.24, 2.45) is 0 Å². The maximum absolute atomic E-state index is 10.5. The first-order valence-corrected chi connectivity index (χ1v) is 5.19. The zero-order chi connectivity index (χ0) is 12.1. The summed E-state index contributed by atoms with van der Waals surface area (Å²) in [5.74, 6) is -0.331. The smallest absolute Gasteiger partial charge is 0.305 e. The van der Waals surface area contributed by atoms with E-state index in [-0.39, 0.29) is 6.42 Å². The van der Waals surface area contributed by atoms with Crippen molar-refractivity contribution in [1.29, 1.82) is 0 Å². The molecule has 1 N–H and O–H groups in total. The van der Waals surface area contributed by atoms with Crippen LogP contribution in [0.4, 0.5) is 5.95 Å². The summed E-state index contributed by atoms with van der Waals surface area (Å²) in [4.78, 5) is 16.6. The maximum Gasteiger partial charge on any atom is 0.305 e. The fraction of sp³-hybridized carbons (Fsp3) is 0.600. The zero-order valence-electron chi connectivity index (χ0n) is 9.77. The van der Waals surface area contributed by atoms with Gasteiger partial charge < -0.3 is 10.0 Å². The van der Waals surface area contributed by atoms with E-state index in [1.165, 1.54) is 0 Å². The largest absolute Gasteiger partial charge is 0.481 e. The van der Waals surface area contributed by atoms with Crippen LogP contribution in [-0.2, 0) is 4.79 Å². The van der Waals surface area contributed by atoms with Crippen LogP contribution in [0.3, 0.4) is 0 Å². The van der Waals surface area contributed by atoms with Gasteiger partial charge in [0.2, 0.25) is 5.95 Å². The van der Waals surface area contributed by atoms with Crippen LogP contribution in [0.25, 0.3) is 0 Å². The van der Waals surface area contributed by atoms with E-state index in [2.05, 4.69) is 15.2 Å². The van der Waals surface area contributed by atoms with Gasteiger partial charge in [-0.1, -0.05) is 0 Å². The molecule has 16 heavy (non-hydrogen) atoms. The van der Waals surface area contributed by atoms with Gasteiger partial charge in [-0.15, -0.1) is 5.10 Å². The van der Waals surface area contributed by atoms with Gasteiger partial charge in [0.1, 0.15) is 0 Å². The van der Waals surface area contributed by atoms with E-state index in [9.17, 15) is 4.79 Å². The number of carboxylic acid groups (broad SMARTS) is 1. The van der Waals surface area contributed by atoms with E-state index in [1.54, 1.807) is 4.90 Å². The van der Waals surface area contributed by atoms with Crippen molar-refractivity contribution >= 4 is 11.9 Å². The fourth-order valence-corrected chi connectivity index (χ4v) is 1.21. The molecule has 88 valence electrons. The molecule has 6 heteroatoms. The molecule has 0 aliphatic heterocycles. The van der Waals surface area contributed by atoms with Gasteiger partial charge in [-0.25, -0.2) is 4.98 Å². The molecule has 0 unspecified atom stereocenters. The Kier molecular flexibility index (Phi) is 4.16. The van der Waals surface area contributed by atoms with Crippen LogP contribution in [-0.4, -0.2) is 39.3 Å². The van der Waals surface area contributed by atoms with Crippen LogP contribution in [0, 0.1) is 13.8 Å². The quantitative estimate of drug-likeness (QED) is 0.796. The topological polar surface area (TPSA) is 79.2 Å². The molecular formula is C10H16N4O2. The van der Waals surface area contributed by atoms with E-state index in [0.29, 0.717) is 19.0 Å². The average molecular weight is 224 g/mol. The Hall–Kier alpha value is -1.72. The Bertz CT molecular complexity index is 381. The zero-order valence-corrected chi connectivity index (χ0v) is 9.77. The number of aromatic nitrogens is 3. The van der Waals surface area contributed by atoms with Crippen LogP contribution in [0.2, 0.25) is 0 Å². The van der Waals surface area contributed by atoms with Crippen LogP contribution >= 0.6 is 0 Å². The van der Waals surface area contributed by atoms with Gasteiger partial charge in [0.15, 0.2) is 0 Å². The molecule has 1 aromatic heterocycles. The molecule has 0 aliphatic rings. The van der Waals surface area contributed by atoms with E-state index in [4.69, 9.17) is 5.11 Å². The Morgan fingerprint density at radius 2 is 2.00 bits per heavy atom. The third kappa shape index (κ3) is 3.15. The Morgan fingerprint density at radius 1 is 1.31 bits per heavy atom. The lowest BCUT2D eigenvalue weighted by atomic mass is 10.3. The predicted octanol–water partition coefficient (Wildman–Crippen LogP) is 0.789. The standard InChI is InChI=1S/C10H16N4O2/c1-4-14(6-5-9(15)16)10-11-7(2)8(3)12-13-10/h4-6H2,1-3H3,(H,15,16). The lowest BCUT2D eigenvalue weighted by Gasteiger charge is -2.19. The molecule has 0 radical (unpaired) electrons. The van der Waals surface area contributed by atoms with Crippen LogP contribution in [0.15, 0.2) is 0 Å². The normalized spacial score (nSPS) is 10.2. The molecule has 0 saturated heterocycles. The minimum Gasteiger partial charge on any atom is -0.481 e. The number of anilines is 1. The van der Waals surface area contributed by atoms with Gasteiger partial charge in [0.25, 0.3) is 0 Å². The molecule has 0 amide bonds. The van der Waals surface area contributed by atoms with Crippen molar-refractivity contribution in [3.8, 4) is 0 Å². The molecule has 0 atom stereocenters. The lowest BCUT2D eigenvalue weighted by Crippen LogP contribution is -2.28. The SMILES string of the molecule is CCN(CCC(=O)O)c1nnc(C)c(C)n1. The fourth-order valence-electron chi connectivity index (χ4n) is 1.21. The molecule has 0 bridgehead atoms. The first kappa shape index (κ1) is 12.4. The molecule has 0 aliphatic carbocycles. The lowest BCUT2D eigenvalue weighted by molar-refractivity contribution is -0.136. The summed E-state index contributed by atoms with van der Waals surface area (Å²) in [7, 11) is 0. The molecule has 6 nitrogen and oxygen atoms in total. The molecule has 0 aromatic carbocycles. The third-order valence-electron chi connectivity index (χ3n) is 2.34. The molecule has 0 spiro atoms. The second-order valence-electron chi connectivity index (χ2n) is 3.51. The number of nitrogens with zero attached hydrogens (tertiary/aromatic N) is 4. The number of hydrogen-bond donors (Lipinski definition) is 1. The predicted molar refractivity (Wildman–Crippen MR) is 59.4 cm³/mol. The molecule has 1 heterocycles. The average Bonchev–Trinajstić information content (AvgIpc) is 2.23. The highest BCUT2D eigenvalue weighted by Crippen LogP contribution is 2.08. The van der Waals surface area contributed by atoms with Crippen molar-refractivity contribution in [3.63, 3.8) is 0 Å². The Morgan fingerprint density at radius 3 is 2.50 bits per heavy atom. The van der Waals surface area contributed by atoms with Crippen molar-refractivity contribution in [2.75, 3.05) is 18.0 Å². The minimum atomic E-state index is -0.824. The van der Waals surface area contributed by atoms with Gasteiger partial charge in [0, 0.05) is 13.1 Å². The summed E-state index contributed by atoms with van der Waals surface area (Å²) in [5.41, 5.74) is 1.61. The highest BCUT2D eigenvalue weighted by Gasteiger charge is 2.11. The molecule has 0 fully saturated rings. The number of rotatable bonds is 5. The van der Waals surface area contributed by atoms with Gasteiger partial charge in [-0.05, 0) is 20.8 Å². The maximum atomic E-state index is 10.5. The van der Waals surface area contributed by atoms with Crippen molar-refractivity contribution in [2.45, 2.75) is 27.2 Å². The number of hydrogen-bond acceptors (Lipinski definition) is 5. The highest BCUT2D eigenvalue weighted by atomic mass is 16.4. The highest BCUT2D eigenvalue weighted by molar-refractivity contribution is 5.67. The van der Waals surface area contributed by atoms with Crippen LogP contribution in [0.5, 0.6) is 0 Å². The number of aryl methyl sites for hydroxylation is 2. The second-order valence-corrected chi connectivity index (χ2v) is 3.51. The van der Waals surface area contributed by atoms with E-state index in [1.807, 2.05) is 20.8 Å². The second kappa shape index (κ2) is 5.39. The summed E-state index contributed by atoms with van der Waals surface area (Å²) in [5, 5.41) is 16.6. The molecular weight excluding hydrogens is 208 g/mol. The van der Waals surface area contributed by atoms with Crippen molar-refractivity contribution in [3.05, 3.63) is 11.4 Å². The summed E-state index contributed by atoms with van der Waals surface area (Å²) >= 11 is 0. The van der Waals surface area contributed by atoms with Gasteiger partial charge in [-0.2, -0.15) is 5.10 Å². The number of aliphatic carboxylic acids is 1. The third-order valence-corrected chi connectivity index (χ3v) is 2.34. The monoisotopic (exact) mass is 224 g/mol. The van der Waals surface area contributed by atoms with E-state index >= 15 is 0 Å². The minimum absolute atomic E-state index is 0.0735. The van der Waals surface area contributed by atoms with Crippen molar-refractivity contribution in [1.82, 2.24) is 15.2 Å². The van der Waals surface area contributed by atoms with Crippen LogP contribution in [0.1, 0.15) is 24.7 Å². The number of carboxylic acids is 1. The number of carbonyl (C=O) groups is 1. The summed E-state index contributed by atoms with van der Waals surface area (Å²) in [6, 6.07) is 0. The first-order valence-electron chi connectivity index (χ1n) is 5.19. The first-order chi connectivity index (χ1) is 7.54.